The number of carbonyl (C=O) groups is 1. The number of amides is 1. The Hall–Kier alpha value is -1.99. The van der Waals surface area contributed by atoms with Crippen LogP contribution in [0.25, 0.3) is 0 Å². The van der Waals surface area contributed by atoms with E-state index in [2.05, 4.69) is 0 Å². The van der Waals surface area contributed by atoms with E-state index in [1.54, 1.807) is 41.3 Å². The van der Waals surface area contributed by atoms with Crippen molar-refractivity contribution in [1.29, 1.82) is 0 Å². The Labute approximate surface area is 162 Å². The molecule has 0 spiro atoms. The van der Waals surface area contributed by atoms with Gasteiger partial charge in [0.05, 0.1) is 18.8 Å². The molecular formula is C20H21ClFN3O2. The summed E-state index contributed by atoms with van der Waals surface area (Å²) in [6.07, 6.45) is 0.668. The van der Waals surface area contributed by atoms with Crippen molar-refractivity contribution in [3.8, 4) is 0 Å². The van der Waals surface area contributed by atoms with E-state index in [1.807, 2.05) is 4.90 Å². The molecule has 7 heteroatoms. The number of nitrogens with two attached hydrogens (primary N) is 1. The van der Waals surface area contributed by atoms with Gasteiger partial charge in [-0.3, -0.25) is 9.69 Å². The number of nitrogens with zero attached hydrogens (tertiary/aromatic N) is 2. The molecule has 142 valence electrons. The van der Waals surface area contributed by atoms with Gasteiger partial charge in [-0.05, 0) is 37.2 Å². The van der Waals surface area contributed by atoms with Gasteiger partial charge in [0.2, 0.25) is 5.91 Å². The van der Waals surface area contributed by atoms with Crippen LogP contribution in [0.15, 0.2) is 42.5 Å². The van der Waals surface area contributed by atoms with E-state index in [0.717, 1.165) is 0 Å². The number of anilines is 1. The van der Waals surface area contributed by atoms with Crippen LogP contribution in [0.3, 0.4) is 0 Å². The summed E-state index contributed by atoms with van der Waals surface area (Å²) in [5.41, 5.74) is 6.23. The van der Waals surface area contributed by atoms with Crippen LogP contribution in [0.5, 0.6) is 0 Å². The quantitative estimate of drug-likeness (QED) is 0.873. The molecule has 1 fully saturated rings. The van der Waals surface area contributed by atoms with Crippen molar-refractivity contribution in [2.75, 3.05) is 37.7 Å². The Morgan fingerprint density at radius 3 is 2.81 bits per heavy atom. The van der Waals surface area contributed by atoms with Gasteiger partial charge in [0.15, 0.2) is 5.72 Å². The molecule has 2 aliphatic heterocycles. The summed E-state index contributed by atoms with van der Waals surface area (Å²) in [7, 11) is 0. The lowest BCUT2D eigenvalue weighted by molar-refractivity contribution is -0.123. The third-order valence-electron chi connectivity index (χ3n) is 5.18. The summed E-state index contributed by atoms with van der Waals surface area (Å²) < 4.78 is 21.1. The van der Waals surface area contributed by atoms with Crippen LogP contribution in [0.4, 0.5) is 10.1 Å². The van der Waals surface area contributed by atoms with Crippen LogP contribution in [0, 0.1) is 5.82 Å². The Bertz CT molecular complexity index is 878. The fraction of sp³-hybridized carbons (Fsp3) is 0.350. The molecule has 27 heavy (non-hydrogen) atoms. The minimum absolute atomic E-state index is 0.0595. The minimum Gasteiger partial charge on any atom is -0.350 e. The predicted molar refractivity (Wildman–Crippen MR) is 102 cm³/mol. The number of hydrogen-bond donors (Lipinski definition) is 1. The highest BCUT2D eigenvalue weighted by atomic mass is 35.5. The highest BCUT2D eigenvalue weighted by molar-refractivity contribution is 6.30. The Morgan fingerprint density at radius 2 is 2.04 bits per heavy atom. The van der Waals surface area contributed by atoms with Gasteiger partial charge in [0.25, 0.3) is 0 Å². The summed E-state index contributed by atoms with van der Waals surface area (Å²) >= 11 is 6.31. The van der Waals surface area contributed by atoms with Gasteiger partial charge in [-0.1, -0.05) is 29.8 Å². The fourth-order valence-electron chi connectivity index (χ4n) is 4.01. The SMILES string of the molecule is NCCCN1C(=O)CN2CCOC2(c2ccccc2F)c2cc(Cl)ccc21. The number of benzene rings is 2. The Morgan fingerprint density at radius 1 is 1.22 bits per heavy atom. The average Bonchev–Trinajstić information content (AvgIpc) is 3.03. The largest absolute Gasteiger partial charge is 0.350 e. The Balaban J connectivity index is 1.98. The maximum atomic E-state index is 14.9. The van der Waals surface area contributed by atoms with Crippen LogP contribution >= 0.6 is 11.6 Å². The second-order valence-corrected chi connectivity index (χ2v) is 7.18. The molecule has 2 aromatic carbocycles. The van der Waals surface area contributed by atoms with Gasteiger partial charge in [-0.15, -0.1) is 0 Å². The number of halogens is 2. The van der Waals surface area contributed by atoms with Gasteiger partial charge in [0, 0.05) is 29.2 Å². The number of carbonyl (C=O) groups excluding carboxylic acids is 1. The molecule has 1 amide bonds. The average molecular weight is 390 g/mol. The van der Waals surface area contributed by atoms with Gasteiger partial charge < -0.3 is 15.4 Å². The van der Waals surface area contributed by atoms with Crippen LogP contribution in [-0.4, -0.2) is 43.6 Å². The van der Waals surface area contributed by atoms with Crippen LogP contribution in [-0.2, 0) is 15.3 Å². The minimum atomic E-state index is -1.18. The first-order chi connectivity index (χ1) is 13.1. The summed E-state index contributed by atoms with van der Waals surface area (Å²) in [5.74, 6) is -0.436. The molecule has 0 aliphatic carbocycles. The molecule has 2 heterocycles. The number of fused-ring (bicyclic) bond motifs is 3. The summed E-state index contributed by atoms with van der Waals surface area (Å²) in [6, 6.07) is 11.9. The molecule has 1 atom stereocenters. The first-order valence-corrected chi connectivity index (χ1v) is 9.40. The fourth-order valence-corrected chi connectivity index (χ4v) is 4.18. The van der Waals surface area contributed by atoms with Gasteiger partial charge >= 0.3 is 0 Å². The normalized spacial score (nSPS) is 22.5. The molecule has 0 aromatic heterocycles. The van der Waals surface area contributed by atoms with E-state index < -0.39 is 5.72 Å². The van der Waals surface area contributed by atoms with Gasteiger partial charge in [0.1, 0.15) is 5.82 Å². The van der Waals surface area contributed by atoms with Crippen LogP contribution < -0.4 is 10.6 Å². The van der Waals surface area contributed by atoms with E-state index in [9.17, 15) is 9.18 Å². The highest BCUT2D eigenvalue weighted by Gasteiger charge is 2.51. The standard InChI is InChI=1S/C20H21ClFN3O2/c21-14-6-7-18-16(12-14)20(15-4-1-2-5-17(15)22)24(10-11-27-20)13-19(26)25(18)9-3-8-23/h1-2,4-7,12H,3,8-11,13,23H2. The molecule has 5 nitrogen and oxygen atoms in total. The third kappa shape index (κ3) is 2.93. The zero-order valence-corrected chi connectivity index (χ0v) is 15.6. The third-order valence-corrected chi connectivity index (χ3v) is 5.42. The monoisotopic (exact) mass is 389 g/mol. The first-order valence-electron chi connectivity index (χ1n) is 9.02. The number of hydrogen-bond acceptors (Lipinski definition) is 4. The second-order valence-electron chi connectivity index (χ2n) is 6.74. The summed E-state index contributed by atoms with van der Waals surface area (Å²) in [5, 5.41) is 0.507. The van der Waals surface area contributed by atoms with E-state index >= 15 is 0 Å². The molecule has 2 N–H and O–H groups in total. The van der Waals surface area contributed by atoms with E-state index in [4.69, 9.17) is 22.1 Å². The van der Waals surface area contributed by atoms with Crippen molar-refractivity contribution in [2.45, 2.75) is 12.1 Å². The molecular weight excluding hydrogens is 369 g/mol. The van der Waals surface area contributed by atoms with E-state index in [0.29, 0.717) is 54.5 Å². The Kier molecular flexibility index (Phi) is 4.90. The summed E-state index contributed by atoms with van der Waals surface area (Å²) in [4.78, 5) is 16.6. The topological polar surface area (TPSA) is 58.8 Å². The molecule has 1 saturated heterocycles. The van der Waals surface area contributed by atoms with Gasteiger partial charge in [-0.2, -0.15) is 0 Å². The zero-order valence-electron chi connectivity index (χ0n) is 14.8. The summed E-state index contributed by atoms with van der Waals surface area (Å²) in [6.45, 7) is 2.02. The van der Waals surface area contributed by atoms with Crippen molar-refractivity contribution in [3.63, 3.8) is 0 Å². The molecule has 4 rings (SSSR count). The van der Waals surface area contributed by atoms with E-state index in [-0.39, 0.29) is 18.3 Å². The van der Waals surface area contributed by atoms with Crippen molar-refractivity contribution in [3.05, 3.63) is 64.4 Å². The van der Waals surface area contributed by atoms with Gasteiger partial charge in [-0.25, -0.2) is 4.39 Å². The molecule has 2 aromatic rings. The maximum Gasteiger partial charge on any atom is 0.241 e. The molecule has 0 bridgehead atoms. The van der Waals surface area contributed by atoms with Crippen molar-refractivity contribution in [2.24, 2.45) is 5.73 Å². The molecule has 0 radical (unpaired) electrons. The molecule has 1 unspecified atom stereocenters. The highest BCUT2D eigenvalue weighted by Crippen LogP contribution is 2.47. The number of ether oxygens (including phenoxy) is 1. The zero-order chi connectivity index (χ0) is 19.0. The molecule has 0 saturated carbocycles. The van der Waals surface area contributed by atoms with Crippen molar-refractivity contribution >= 4 is 23.2 Å². The lowest BCUT2D eigenvalue weighted by Crippen LogP contribution is -2.46. The lowest BCUT2D eigenvalue weighted by Gasteiger charge is -2.37. The second kappa shape index (κ2) is 7.20. The maximum absolute atomic E-state index is 14.9. The number of rotatable bonds is 4. The van der Waals surface area contributed by atoms with Crippen molar-refractivity contribution in [1.82, 2.24) is 4.90 Å². The lowest BCUT2D eigenvalue weighted by atomic mass is 9.91. The smallest absolute Gasteiger partial charge is 0.241 e. The van der Waals surface area contributed by atoms with Crippen LogP contribution in [0.1, 0.15) is 17.5 Å². The van der Waals surface area contributed by atoms with E-state index in [1.165, 1.54) is 6.07 Å². The van der Waals surface area contributed by atoms with Crippen LogP contribution in [0.2, 0.25) is 5.02 Å². The first kappa shape index (κ1) is 18.4. The van der Waals surface area contributed by atoms with Crippen molar-refractivity contribution < 1.29 is 13.9 Å². The molecule has 2 aliphatic rings. The predicted octanol–water partition coefficient (Wildman–Crippen LogP) is 2.71.